The van der Waals surface area contributed by atoms with Crippen LogP contribution in [-0.4, -0.2) is 42.5 Å². The van der Waals surface area contributed by atoms with E-state index in [0.29, 0.717) is 6.42 Å². The second kappa shape index (κ2) is 6.95. The molecule has 3 saturated carbocycles. The largest absolute Gasteiger partial charge is 0.405 e. The molecule has 2 amide bonds. The molecule has 1 N–H and O–H groups in total. The molecule has 0 saturated heterocycles. The maximum atomic E-state index is 14.4. The lowest BCUT2D eigenvalue weighted by atomic mass is 9.47. The number of fused-ring (bicyclic) bond motifs is 5. The normalized spacial score (nSPS) is 43.4. The molecular formula is C22H30F4N2O2. The summed E-state index contributed by atoms with van der Waals surface area (Å²) in [5.41, 5.74) is -0.785. The van der Waals surface area contributed by atoms with Crippen molar-refractivity contribution >= 4 is 11.8 Å². The van der Waals surface area contributed by atoms with E-state index in [2.05, 4.69) is 12.2 Å². The summed E-state index contributed by atoms with van der Waals surface area (Å²) in [4.78, 5) is 26.3. The van der Waals surface area contributed by atoms with Crippen molar-refractivity contribution in [3.05, 3.63) is 11.9 Å². The van der Waals surface area contributed by atoms with Crippen LogP contribution in [0.3, 0.4) is 0 Å². The van der Waals surface area contributed by atoms with Crippen LogP contribution in [0.5, 0.6) is 0 Å². The molecule has 4 rings (SSSR count). The Morgan fingerprint density at radius 2 is 1.87 bits per heavy atom. The minimum absolute atomic E-state index is 0.0395. The molecule has 3 fully saturated rings. The summed E-state index contributed by atoms with van der Waals surface area (Å²) in [5, 5.41) is 2.10. The third kappa shape index (κ3) is 3.16. The summed E-state index contributed by atoms with van der Waals surface area (Å²) in [6.45, 7) is 2.81. The van der Waals surface area contributed by atoms with Gasteiger partial charge in [0, 0.05) is 24.4 Å². The first-order chi connectivity index (χ1) is 13.9. The number of hydrogen-bond donors (Lipinski definition) is 1. The third-order valence-corrected chi connectivity index (χ3v) is 8.94. The molecule has 3 aliphatic carbocycles. The van der Waals surface area contributed by atoms with Gasteiger partial charge in [-0.15, -0.1) is 0 Å². The smallest absolute Gasteiger partial charge is 0.347 e. The summed E-state index contributed by atoms with van der Waals surface area (Å²) >= 11 is 0. The Labute approximate surface area is 174 Å². The van der Waals surface area contributed by atoms with Crippen LogP contribution < -0.4 is 5.32 Å². The average Bonchev–Trinajstić information content (AvgIpc) is 3.01. The average molecular weight is 430 g/mol. The Morgan fingerprint density at radius 1 is 1.17 bits per heavy atom. The first kappa shape index (κ1) is 21.6. The highest BCUT2D eigenvalue weighted by atomic mass is 19.4. The van der Waals surface area contributed by atoms with E-state index in [1.807, 2.05) is 6.92 Å². The highest BCUT2D eigenvalue weighted by Crippen LogP contribution is 2.65. The zero-order valence-electron chi connectivity index (χ0n) is 17.7. The number of nitrogens with zero attached hydrogens (tertiary/aromatic N) is 1. The van der Waals surface area contributed by atoms with Crippen molar-refractivity contribution in [1.82, 2.24) is 10.2 Å². The Balaban J connectivity index is 1.57. The van der Waals surface area contributed by atoms with Crippen molar-refractivity contribution in [2.45, 2.75) is 64.6 Å². The van der Waals surface area contributed by atoms with E-state index in [4.69, 9.17) is 0 Å². The molecule has 30 heavy (non-hydrogen) atoms. The number of hydrogen-bond acceptors (Lipinski definition) is 2. The van der Waals surface area contributed by atoms with Crippen molar-refractivity contribution in [3.8, 4) is 0 Å². The number of nitrogens with one attached hydrogen (secondary N) is 1. The van der Waals surface area contributed by atoms with Crippen LogP contribution in [0.2, 0.25) is 0 Å². The van der Waals surface area contributed by atoms with Gasteiger partial charge in [0.25, 0.3) is 5.91 Å². The van der Waals surface area contributed by atoms with Gasteiger partial charge >= 0.3 is 6.18 Å². The minimum atomic E-state index is -4.42. The second-order valence-electron chi connectivity index (χ2n) is 10.3. The van der Waals surface area contributed by atoms with Gasteiger partial charge in [-0.25, -0.2) is 4.39 Å². The number of likely N-dealkylation sites (N-methyl/N-ethyl adjacent to an activating group) is 1. The Hall–Kier alpha value is -1.60. The number of amides is 2. The van der Waals surface area contributed by atoms with Gasteiger partial charge in [0.15, 0.2) is 5.83 Å². The van der Waals surface area contributed by atoms with Crippen LogP contribution in [0, 0.1) is 34.5 Å². The molecule has 0 aromatic heterocycles. The third-order valence-electron chi connectivity index (χ3n) is 8.94. The van der Waals surface area contributed by atoms with Crippen LogP contribution in [-0.2, 0) is 9.59 Å². The molecule has 0 unspecified atom stereocenters. The van der Waals surface area contributed by atoms with Gasteiger partial charge < -0.3 is 10.2 Å². The standard InChI is InChI=1S/C22H30F4N2O2/c1-20-9-8-14-12(4-7-17-21(14,2)10-16(23)19(30)28(17)3)13(20)5-6-15(20)18(29)27-11-22(24,25)26/h10,12-15,17H,4-9,11H2,1-3H3,(H,27,29)/t12-,13-,14-,15+,17+,20-,21+/m0/s1. The zero-order chi connectivity index (χ0) is 22.1. The molecule has 4 nitrogen and oxygen atoms in total. The SMILES string of the molecule is CN1C(=O)C(F)=C[C@]2(C)[C@H]3CC[C@]4(C)[C@@H](C(=O)NCC(F)(F)F)CC[C@H]4[C@@H]3CC[C@@H]12. The van der Waals surface area contributed by atoms with Crippen LogP contribution in [0.15, 0.2) is 11.9 Å². The van der Waals surface area contributed by atoms with Gasteiger partial charge in [-0.1, -0.05) is 13.8 Å². The van der Waals surface area contributed by atoms with Crippen LogP contribution >= 0.6 is 0 Å². The summed E-state index contributed by atoms with van der Waals surface area (Å²) in [5.74, 6) is -1.44. The number of halogens is 4. The fraction of sp³-hybridized carbons (Fsp3) is 0.818. The van der Waals surface area contributed by atoms with Crippen LogP contribution in [0.1, 0.15) is 52.4 Å². The second-order valence-corrected chi connectivity index (χ2v) is 10.3. The molecule has 0 radical (unpaired) electrons. The molecule has 0 spiro atoms. The molecule has 1 aliphatic heterocycles. The van der Waals surface area contributed by atoms with Crippen LogP contribution in [0.4, 0.5) is 17.6 Å². The lowest BCUT2D eigenvalue weighted by Gasteiger charge is -2.60. The van der Waals surface area contributed by atoms with Crippen molar-refractivity contribution in [3.63, 3.8) is 0 Å². The summed E-state index contributed by atoms with van der Waals surface area (Å²) in [6.07, 6.45) is 1.72. The van der Waals surface area contributed by atoms with Crippen molar-refractivity contribution in [2.24, 2.45) is 34.5 Å². The first-order valence-corrected chi connectivity index (χ1v) is 10.9. The molecule has 1 heterocycles. The number of alkyl halides is 3. The van der Waals surface area contributed by atoms with Gasteiger partial charge in [0.1, 0.15) is 6.54 Å². The molecule has 0 bridgehead atoms. The van der Waals surface area contributed by atoms with E-state index >= 15 is 0 Å². The zero-order valence-corrected chi connectivity index (χ0v) is 17.7. The predicted octanol–water partition coefficient (Wildman–Crippen LogP) is 4.22. The lowest BCUT2D eigenvalue weighted by Crippen LogP contribution is -2.60. The molecule has 0 aromatic rings. The summed E-state index contributed by atoms with van der Waals surface area (Å²) in [7, 11) is 1.67. The number of carbonyl (C=O) groups excluding carboxylic acids is 2. The fourth-order valence-electron chi connectivity index (χ4n) is 7.57. The topological polar surface area (TPSA) is 49.4 Å². The number of carbonyl (C=O) groups is 2. The Morgan fingerprint density at radius 3 is 2.53 bits per heavy atom. The monoisotopic (exact) mass is 430 g/mol. The summed E-state index contributed by atoms with van der Waals surface area (Å²) < 4.78 is 52.1. The quantitative estimate of drug-likeness (QED) is 0.667. The molecule has 168 valence electrons. The first-order valence-electron chi connectivity index (χ1n) is 10.9. The van der Waals surface area contributed by atoms with Gasteiger partial charge in [0.05, 0.1) is 0 Å². The highest BCUT2D eigenvalue weighted by Gasteiger charge is 2.62. The fourth-order valence-corrected chi connectivity index (χ4v) is 7.57. The maximum absolute atomic E-state index is 14.4. The van der Waals surface area contributed by atoms with Crippen molar-refractivity contribution < 1.29 is 27.2 Å². The van der Waals surface area contributed by atoms with E-state index < -0.39 is 41.7 Å². The van der Waals surface area contributed by atoms with Gasteiger partial charge in [0.2, 0.25) is 5.91 Å². The Kier molecular flexibility index (Phi) is 5.01. The lowest BCUT2D eigenvalue weighted by molar-refractivity contribution is -0.148. The minimum Gasteiger partial charge on any atom is -0.347 e. The van der Waals surface area contributed by atoms with Crippen LogP contribution in [0.25, 0.3) is 0 Å². The van der Waals surface area contributed by atoms with E-state index in [-0.39, 0.29) is 29.2 Å². The van der Waals surface area contributed by atoms with E-state index in [0.717, 1.165) is 32.1 Å². The van der Waals surface area contributed by atoms with E-state index in [9.17, 15) is 27.2 Å². The van der Waals surface area contributed by atoms with E-state index in [1.54, 1.807) is 11.9 Å². The predicted molar refractivity (Wildman–Crippen MR) is 103 cm³/mol. The van der Waals surface area contributed by atoms with Crippen molar-refractivity contribution in [2.75, 3.05) is 13.6 Å². The molecule has 7 atom stereocenters. The summed E-state index contributed by atoms with van der Waals surface area (Å²) in [6, 6.07) is -0.0395. The van der Waals surface area contributed by atoms with E-state index in [1.165, 1.54) is 6.08 Å². The van der Waals surface area contributed by atoms with Crippen molar-refractivity contribution in [1.29, 1.82) is 0 Å². The number of rotatable bonds is 2. The Bertz CT molecular complexity index is 782. The van der Waals surface area contributed by atoms with Gasteiger partial charge in [-0.2, -0.15) is 13.2 Å². The maximum Gasteiger partial charge on any atom is 0.405 e. The molecular weight excluding hydrogens is 400 g/mol. The highest BCUT2D eigenvalue weighted by molar-refractivity contribution is 5.92. The van der Waals surface area contributed by atoms with Gasteiger partial charge in [-0.3, -0.25) is 9.59 Å². The molecule has 0 aromatic carbocycles. The molecule has 8 heteroatoms. The van der Waals surface area contributed by atoms with Gasteiger partial charge in [-0.05, 0) is 67.8 Å². The molecule has 4 aliphatic rings.